The van der Waals surface area contributed by atoms with Crippen LogP contribution >= 0.6 is 0 Å². The summed E-state index contributed by atoms with van der Waals surface area (Å²) in [5.41, 5.74) is -0.211. The highest BCUT2D eigenvalue weighted by atomic mass is 16.6. The van der Waals surface area contributed by atoms with Crippen molar-refractivity contribution >= 4 is 17.9 Å². The van der Waals surface area contributed by atoms with Gasteiger partial charge in [-0.25, -0.2) is 4.79 Å². The zero-order valence-corrected chi connectivity index (χ0v) is 18.6. The molecule has 1 saturated heterocycles. The van der Waals surface area contributed by atoms with E-state index in [1.165, 1.54) is 7.11 Å². The molecule has 1 spiro atoms. The van der Waals surface area contributed by atoms with Crippen LogP contribution in [0.25, 0.3) is 11.4 Å². The van der Waals surface area contributed by atoms with Crippen molar-refractivity contribution in [3.63, 3.8) is 0 Å². The molecule has 0 unspecified atom stereocenters. The molecule has 3 amide bonds. The number of nitrogens with zero attached hydrogens (tertiary/aromatic N) is 3. The van der Waals surface area contributed by atoms with Gasteiger partial charge in [-0.15, -0.1) is 0 Å². The van der Waals surface area contributed by atoms with Crippen LogP contribution in [0.15, 0.2) is 22.7 Å². The number of urea groups is 1. The number of imide groups is 1. The van der Waals surface area contributed by atoms with Gasteiger partial charge in [-0.2, -0.15) is 4.98 Å². The van der Waals surface area contributed by atoms with Gasteiger partial charge < -0.3 is 24.1 Å². The number of carbonyl (C=O) groups excluding carboxylic acids is 3. The quantitative estimate of drug-likeness (QED) is 0.468. The van der Waals surface area contributed by atoms with E-state index in [4.69, 9.17) is 18.7 Å². The second-order valence-electron chi connectivity index (χ2n) is 8.02. The first-order valence-electron chi connectivity index (χ1n) is 10.8. The lowest BCUT2D eigenvalue weighted by Gasteiger charge is -2.30. The van der Waals surface area contributed by atoms with Gasteiger partial charge in [0, 0.05) is 12.6 Å². The van der Waals surface area contributed by atoms with E-state index < -0.39 is 17.5 Å². The summed E-state index contributed by atoms with van der Waals surface area (Å²) < 4.78 is 20.9. The van der Waals surface area contributed by atoms with E-state index >= 15 is 0 Å². The van der Waals surface area contributed by atoms with E-state index in [0.717, 1.165) is 24.2 Å². The highest BCUT2D eigenvalue weighted by Crippen LogP contribution is 2.34. The average molecular weight is 458 g/mol. The van der Waals surface area contributed by atoms with Crippen LogP contribution < -0.4 is 14.8 Å². The fourth-order valence-corrected chi connectivity index (χ4v) is 4.20. The highest BCUT2D eigenvalue weighted by Gasteiger charge is 2.51. The highest BCUT2D eigenvalue weighted by molar-refractivity contribution is 6.07. The van der Waals surface area contributed by atoms with Crippen LogP contribution in [-0.4, -0.2) is 59.3 Å². The minimum atomic E-state index is -0.804. The Bertz CT molecular complexity index is 1050. The van der Waals surface area contributed by atoms with Gasteiger partial charge in [0.2, 0.25) is 5.82 Å². The Labute approximate surface area is 190 Å². The zero-order chi connectivity index (χ0) is 23.4. The SMILES string of the molecule is COc1ccc(-c2noc(COC(=O)CCN3C(=O)NC4(CCCCC4)C3=O)n2)c(OC)c1. The first kappa shape index (κ1) is 22.6. The number of esters is 1. The molecule has 2 heterocycles. The van der Waals surface area contributed by atoms with Crippen LogP contribution in [-0.2, 0) is 20.9 Å². The van der Waals surface area contributed by atoms with Crippen LogP contribution in [0.3, 0.4) is 0 Å². The molecule has 0 bridgehead atoms. The molecule has 1 aromatic carbocycles. The minimum Gasteiger partial charge on any atom is -0.497 e. The molecule has 2 aromatic rings. The van der Waals surface area contributed by atoms with Crippen molar-refractivity contribution in [2.75, 3.05) is 20.8 Å². The molecule has 1 saturated carbocycles. The van der Waals surface area contributed by atoms with E-state index in [-0.39, 0.29) is 37.2 Å². The number of hydrogen-bond acceptors (Lipinski definition) is 9. The van der Waals surface area contributed by atoms with Crippen LogP contribution in [0, 0.1) is 0 Å². The first-order chi connectivity index (χ1) is 16.0. The molecule has 11 heteroatoms. The van der Waals surface area contributed by atoms with Crippen molar-refractivity contribution < 1.29 is 33.1 Å². The Hall–Kier alpha value is -3.63. The number of aromatic nitrogens is 2. The van der Waals surface area contributed by atoms with Crippen LogP contribution in [0.5, 0.6) is 11.5 Å². The van der Waals surface area contributed by atoms with Crippen LogP contribution in [0.4, 0.5) is 4.79 Å². The van der Waals surface area contributed by atoms with E-state index in [9.17, 15) is 14.4 Å². The Morgan fingerprint density at radius 1 is 1.18 bits per heavy atom. The second-order valence-corrected chi connectivity index (χ2v) is 8.02. The van der Waals surface area contributed by atoms with Crippen LogP contribution in [0.2, 0.25) is 0 Å². The second kappa shape index (κ2) is 9.47. The molecule has 1 aliphatic heterocycles. The standard InChI is InChI=1S/C22H26N4O7/c1-30-14-6-7-15(16(12-14)31-2)19-23-17(33-25-19)13-32-18(27)8-11-26-20(28)22(24-21(26)29)9-4-3-5-10-22/h6-7,12H,3-5,8-11,13H2,1-2H3,(H,24,29). The largest absolute Gasteiger partial charge is 0.497 e. The lowest BCUT2D eigenvalue weighted by molar-refractivity contribution is -0.146. The molecule has 0 atom stereocenters. The van der Waals surface area contributed by atoms with Crippen molar-refractivity contribution in [3.8, 4) is 22.9 Å². The number of hydrogen-bond donors (Lipinski definition) is 1. The summed E-state index contributed by atoms with van der Waals surface area (Å²) >= 11 is 0. The summed E-state index contributed by atoms with van der Waals surface area (Å²) in [4.78, 5) is 42.5. The molecule has 33 heavy (non-hydrogen) atoms. The molecule has 4 rings (SSSR count). The number of nitrogens with one attached hydrogen (secondary N) is 1. The van der Waals surface area contributed by atoms with Gasteiger partial charge in [0.05, 0.1) is 26.2 Å². The van der Waals surface area contributed by atoms with Crippen molar-refractivity contribution in [2.24, 2.45) is 0 Å². The first-order valence-corrected chi connectivity index (χ1v) is 10.8. The zero-order valence-electron chi connectivity index (χ0n) is 18.6. The molecule has 1 aliphatic carbocycles. The Morgan fingerprint density at radius 2 is 1.97 bits per heavy atom. The van der Waals surface area contributed by atoms with Gasteiger partial charge >= 0.3 is 12.0 Å². The van der Waals surface area contributed by atoms with Gasteiger partial charge in [-0.3, -0.25) is 14.5 Å². The molecular formula is C22H26N4O7. The normalized spacial score (nSPS) is 17.2. The molecule has 1 aromatic heterocycles. The number of rotatable bonds is 8. The maximum atomic E-state index is 12.8. The van der Waals surface area contributed by atoms with Crippen molar-refractivity contribution in [1.29, 1.82) is 0 Å². The van der Waals surface area contributed by atoms with E-state index in [0.29, 0.717) is 29.9 Å². The third-order valence-corrected chi connectivity index (χ3v) is 5.97. The number of methoxy groups -OCH3 is 2. The topological polar surface area (TPSA) is 133 Å². The molecule has 2 fully saturated rings. The lowest BCUT2D eigenvalue weighted by Crippen LogP contribution is -2.48. The van der Waals surface area contributed by atoms with Gasteiger partial charge in [0.1, 0.15) is 17.0 Å². The van der Waals surface area contributed by atoms with Crippen molar-refractivity contribution in [2.45, 2.75) is 50.7 Å². The molecule has 1 N–H and O–H groups in total. The predicted molar refractivity (Wildman–Crippen MR) is 113 cm³/mol. The Kier molecular flexibility index (Phi) is 6.47. The minimum absolute atomic E-state index is 0.0383. The number of benzene rings is 1. The third kappa shape index (κ3) is 4.62. The number of ether oxygens (including phenoxy) is 3. The monoisotopic (exact) mass is 458 g/mol. The Balaban J connectivity index is 1.30. The van der Waals surface area contributed by atoms with Crippen molar-refractivity contribution in [3.05, 3.63) is 24.1 Å². The molecule has 0 radical (unpaired) electrons. The number of amides is 3. The summed E-state index contributed by atoms with van der Waals surface area (Å²) in [7, 11) is 3.07. The fraction of sp³-hybridized carbons (Fsp3) is 0.500. The van der Waals surface area contributed by atoms with E-state index in [2.05, 4.69) is 15.5 Å². The van der Waals surface area contributed by atoms with Gasteiger partial charge in [0.25, 0.3) is 11.8 Å². The lowest BCUT2D eigenvalue weighted by atomic mass is 9.82. The fourth-order valence-electron chi connectivity index (χ4n) is 4.20. The summed E-state index contributed by atoms with van der Waals surface area (Å²) in [6.45, 7) is -0.266. The smallest absolute Gasteiger partial charge is 0.325 e. The number of carbonyl (C=O) groups is 3. The van der Waals surface area contributed by atoms with Crippen LogP contribution in [0.1, 0.15) is 44.4 Å². The maximum absolute atomic E-state index is 12.8. The molecule has 176 valence electrons. The summed E-state index contributed by atoms with van der Waals surface area (Å²) in [6, 6.07) is 4.71. The van der Waals surface area contributed by atoms with Gasteiger partial charge in [-0.05, 0) is 25.0 Å². The average Bonchev–Trinajstić information content (AvgIpc) is 3.39. The van der Waals surface area contributed by atoms with E-state index in [1.807, 2.05) is 0 Å². The summed E-state index contributed by atoms with van der Waals surface area (Å²) in [5.74, 6) is 0.665. The summed E-state index contributed by atoms with van der Waals surface area (Å²) in [5, 5.41) is 6.72. The van der Waals surface area contributed by atoms with Crippen molar-refractivity contribution in [1.82, 2.24) is 20.4 Å². The van der Waals surface area contributed by atoms with E-state index in [1.54, 1.807) is 25.3 Å². The maximum Gasteiger partial charge on any atom is 0.325 e. The molecule has 11 nitrogen and oxygen atoms in total. The van der Waals surface area contributed by atoms with Gasteiger partial charge in [0.15, 0.2) is 6.61 Å². The molecular weight excluding hydrogens is 432 g/mol. The summed E-state index contributed by atoms with van der Waals surface area (Å²) in [6.07, 6.45) is 4.00. The predicted octanol–water partition coefficient (Wildman–Crippen LogP) is 2.44. The molecule has 2 aliphatic rings. The Morgan fingerprint density at radius 3 is 2.70 bits per heavy atom. The third-order valence-electron chi connectivity index (χ3n) is 5.97. The van der Waals surface area contributed by atoms with Gasteiger partial charge in [-0.1, -0.05) is 24.4 Å².